The number of carbonyl (C=O) groups is 1. The molecule has 0 aliphatic heterocycles. The van der Waals surface area contributed by atoms with E-state index in [4.69, 9.17) is 4.74 Å². The van der Waals surface area contributed by atoms with Gasteiger partial charge in [-0.2, -0.15) is 0 Å². The maximum atomic E-state index is 11.1. The number of rotatable bonds is 4. The number of amides is 1. The summed E-state index contributed by atoms with van der Waals surface area (Å²) < 4.78 is 4.77. The lowest BCUT2D eigenvalue weighted by Crippen LogP contribution is -2.30. The molecule has 4 heteroatoms. The minimum Gasteiger partial charge on any atom is -0.445 e. The highest BCUT2D eigenvalue weighted by Crippen LogP contribution is 1.90. The molecule has 0 aromatic heterocycles. The Hall–Kier alpha value is -1.32. The zero-order chi connectivity index (χ0) is 9.40. The Kier molecular flexibility index (Phi) is 5.69. The van der Waals surface area contributed by atoms with Gasteiger partial charge >= 0.3 is 6.09 Å². The predicted molar refractivity (Wildman–Crippen MR) is 48.3 cm³/mol. The molecule has 12 heavy (non-hydrogen) atoms. The Labute approximate surface area is 72.5 Å². The summed E-state index contributed by atoms with van der Waals surface area (Å²) in [5.74, 6) is 0. The molecule has 0 atom stereocenters. The summed E-state index contributed by atoms with van der Waals surface area (Å²) in [6.07, 6.45) is 2.56. The van der Waals surface area contributed by atoms with Crippen molar-refractivity contribution in [2.24, 2.45) is 4.99 Å². The molecule has 4 nitrogen and oxygen atoms in total. The van der Waals surface area contributed by atoms with Crippen molar-refractivity contribution in [2.45, 2.75) is 6.92 Å². The van der Waals surface area contributed by atoms with Crippen molar-refractivity contribution >= 4 is 12.4 Å². The highest BCUT2D eigenvalue weighted by atomic mass is 16.6. The van der Waals surface area contributed by atoms with Gasteiger partial charge < -0.3 is 4.74 Å². The number of hydrogen-bond acceptors (Lipinski definition) is 3. The third-order valence-electron chi connectivity index (χ3n) is 1.15. The van der Waals surface area contributed by atoms with Crippen LogP contribution in [0.4, 0.5) is 4.79 Å². The van der Waals surface area contributed by atoms with E-state index in [0.29, 0.717) is 6.54 Å². The third-order valence-corrected chi connectivity index (χ3v) is 1.15. The molecule has 0 unspecified atom stereocenters. The summed E-state index contributed by atoms with van der Waals surface area (Å²) in [4.78, 5) is 16.2. The minimum atomic E-state index is -0.400. The Morgan fingerprint density at radius 3 is 2.83 bits per heavy atom. The van der Waals surface area contributed by atoms with E-state index in [1.54, 1.807) is 7.05 Å². The van der Waals surface area contributed by atoms with Crippen LogP contribution in [0.2, 0.25) is 0 Å². The van der Waals surface area contributed by atoms with E-state index in [0.717, 1.165) is 0 Å². The van der Waals surface area contributed by atoms with Crippen LogP contribution in [0, 0.1) is 0 Å². The average molecular weight is 170 g/mol. The van der Waals surface area contributed by atoms with E-state index in [9.17, 15) is 4.79 Å². The van der Waals surface area contributed by atoms with Gasteiger partial charge in [-0.1, -0.05) is 12.7 Å². The van der Waals surface area contributed by atoms with Crippen LogP contribution in [0.15, 0.2) is 17.6 Å². The Morgan fingerprint density at radius 1 is 1.75 bits per heavy atom. The summed E-state index contributed by atoms with van der Waals surface area (Å²) in [5, 5.41) is 0. The van der Waals surface area contributed by atoms with Gasteiger partial charge in [-0.3, -0.25) is 9.89 Å². The van der Waals surface area contributed by atoms with Crippen molar-refractivity contribution in [3.05, 3.63) is 12.7 Å². The molecule has 0 saturated carbocycles. The molecule has 0 fully saturated rings. The summed E-state index contributed by atoms with van der Waals surface area (Å²) in [6, 6.07) is 0. The van der Waals surface area contributed by atoms with E-state index < -0.39 is 6.09 Å². The molecule has 0 aliphatic carbocycles. The van der Waals surface area contributed by atoms with Crippen molar-refractivity contribution in [2.75, 3.05) is 20.2 Å². The molecule has 1 amide bonds. The highest BCUT2D eigenvalue weighted by Gasteiger charge is 2.08. The zero-order valence-electron chi connectivity index (χ0n) is 7.49. The molecule has 0 saturated heterocycles. The van der Waals surface area contributed by atoms with E-state index in [-0.39, 0.29) is 6.61 Å². The summed E-state index contributed by atoms with van der Waals surface area (Å²) in [5.41, 5.74) is 0. The van der Waals surface area contributed by atoms with Gasteiger partial charge in [0.25, 0.3) is 0 Å². The fourth-order valence-electron chi connectivity index (χ4n) is 0.610. The second-order valence-corrected chi connectivity index (χ2v) is 2.03. The van der Waals surface area contributed by atoms with E-state index in [1.807, 2.05) is 6.92 Å². The van der Waals surface area contributed by atoms with Crippen molar-refractivity contribution in [1.29, 1.82) is 0 Å². The summed E-state index contributed by atoms with van der Waals surface area (Å²) in [7, 11) is 1.60. The lowest BCUT2D eigenvalue weighted by atomic mass is 10.6. The van der Waals surface area contributed by atoms with E-state index in [1.165, 1.54) is 17.3 Å². The molecule has 0 heterocycles. The zero-order valence-corrected chi connectivity index (χ0v) is 7.49. The summed E-state index contributed by atoms with van der Waals surface area (Å²) >= 11 is 0. The van der Waals surface area contributed by atoms with Gasteiger partial charge in [0.05, 0.1) is 6.34 Å². The topological polar surface area (TPSA) is 41.9 Å². The monoisotopic (exact) mass is 170 g/mol. The van der Waals surface area contributed by atoms with Gasteiger partial charge in [0.15, 0.2) is 0 Å². The maximum absolute atomic E-state index is 11.1. The molecule has 68 valence electrons. The number of nitrogens with zero attached hydrogens (tertiary/aromatic N) is 2. The van der Waals surface area contributed by atoms with Gasteiger partial charge in [-0.15, -0.1) is 0 Å². The van der Waals surface area contributed by atoms with Gasteiger partial charge in [0.1, 0.15) is 6.61 Å². The fourth-order valence-corrected chi connectivity index (χ4v) is 0.610. The average Bonchev–Trinajstić information content (AvgIpc) is 2.10. The number of ether oxygens (including phenoxy) is 1. The van der Waals surface area contributed by atoms with Gasteiger partial charge in [0, 0.05) is 13.6 Å². The van der Waals surface area contributed by atoms with Crippen LogP contribution < -0.4 is 0 Å². The molecule has 0 spiro atoms. The molecule has 0 aromatic carbocycles. The first-order chi connectivity index (χ1) is 5.76. The number of hydrogen-bond donors (Lipinski definition) is 0. The van der Waals surface area contributed by atoms with Crippen molar-refractivity contribution in [1.82, 2.24) is 4.90 Å². The second-order valence-electron chi connectivity index (χ2n) is 2.03. The van der Waals surface area contributed by atoms with E-state index in [2.05, 4.69) is 11.6 Å². The number of carbonyl (C=O) groups excluding carboxylic acids is 1. The fraction of sp³-hybridized carbons (Fsp3) is 0.500. The van der Waals surface area contributed by atoms with Crippen LogP contribution in [-0.2, 0) is 4.74 Å². The summed E-state index contributed by atoms with van der Waals surface area (Å²) in [6.45, 7) is 6.06. The van der Waals surface area contributed by atoms with Crippen LogP contribution in [0.25, 0.3) is 0 Å². The van der Waals surface area contributed by atoms with Crippen LogP contribution in [-0.4, -0.2) is 37.5 Å². The van der Waals surface area contributed by atoms with Gasteiger partial charge in [0.2, 0.25) is 0 Å². The van der Waals surface area contributed by atoms with Crippen molar-refractivity contribution in [3.8, 4) is 0 Å². The lowest BCUT2D eigenvalue weighted by Gasteiger charge is -2.13. The quantitative estimate of drug-likeness (QED) is 0.362. The third kappa shape index (κ3) is 3.75. The molecule has 0 bridgehead atoms. The largest absolute Gasteiger partial charge is 0.445 e. The lowest BCUT2D eigenvalue weighted by molar-refractivity contribution is 0.136. The van der Waals surface area contributed by atoms with E-state index >= 15 is 0 Å². The first-order valence-corrected chi connectivity index (χ1v) is 3.72. The van der Waals surface area contributed by atoms with Crippen LogP contribution in [0.5, 0.6) is 0 Å². The van der Waals surface area contributed by atoms with Crippen LogP contribution in [0.3, 0.4) is 0 Å². The molecule has 0 aromatic rings. The predicted octanol–water partition coefficient (Wildman–Crippen LogP) is 1.29. The molecular formula is C8H14N2O2. The molecule has 0 N–H and O–H groups in total. The first kappa shape index (κ1) is 10.7. The molecular weight excluding hydrogens is 156 g/mol. The standard InChI is InChI=1S/C8H14N2O2/c1-4-6-12-8(11)10(5-2)7-9-3/h4,7H,1,5-6H2,2-3H3/b9-7+. The Balaban J connectivity index is 3.93. The maximum Gasteiger partial charge on any atom is 0.415 e. The second kappa shape index (κ2) is 6.39. The van der Waals surface area contributed by atoms with Gasteiger partial charge in [-0.25, -0.2) is 4.79 Å². The Morgan fingerprint density at radius 2 is 2.42 bits per heavy atom. The SMILES string of the molecule is C=CCOC(=O)N(/C=N/C)CC. The van der Waals surface area contributed by atoms with Crippen molar-refractivity contribution < 1.29 is 9.53 Å². The minimum absolute atomic E-state index is 0.229. The molecule has 0 rings (SSSR count). The normalized spacial score (nSPS) is 9.83. The molecule has 0 radical (unpaired) electrons. The molecule has 0 aliphatic rings. The first-order valence-electron chi connectivity index (χ1n) is 3.72. The van der Waals surface area contributed by atoms with Crippen molar-refractivity contribution in [3.63, 3.8) is 0 Å². The number of aliphatic imine (C=N–C) groups is 1. The van der Waals surface area contributed by atoms with Gasteiger partial charge in [-0.05, 0) is 6.92 Å². The highest BCUT2D eigenvalue weighted by molar-refractivity contribution is 5.82. The van der Waals surface area contributed by atoms with Crippen LogP contribution in [0.1, 0.15) is 6.92 Å². The smallest absolute Gasteiger partial charge is 0.415 e. The Bertz CT molecular complexity index is 178. The van der Waals surface area contributed by atoms with Crippen LogP contribution >= 0.6 is 0 Å².